The van der Waals surface area contributed by atoms with E-state index in [1.165, 1.54) is 5.56 Å². The first-order chi connectivity index (χ1) is 8.68. The zero-order valence-corrected chi connectivity index (χ0v) is 11.2. The van der Waals surface area contributed by atoms with Gasteiger partial charge in [-0.15, -0.1) is 5.10 Å². The lowest BCUT2D eigenvalue weighted by molar-refractivity contribution is 0.542. The van der Waals surface area contributed by atoms with Crippen molar-refractivity contribution in [3.8, 4) is 5.69 Å². The van der Waals surface area contributed by atoms with Crippen molar-refractivity contribution in [3.63, 3.8) is 0 Å². The van der Waals surface area contributed by atoms with Crippen molar-refractivity contribution in [1.29, 1.82) is 0 Å². The second-order valence-electron chi connectivity index (χ2n) is 4.95. The van der Waals surface area contributed by atoms with Crippen molar-refractivity contribution in [2.24, 2.45) is 5.92 Å². The van der Waals surface area contributed by atoms with E-state index in [0.29, 0.717) is 5.92 Å². The fourth-order valence-electron chi connectivity index (χ4n) is 1.87. The van der Waals surface area contributed by atoms with Crippen molar-refractivity contribution >= 4 is 0 Å². The molecule has 2 aromatic rings. The number of para-hydroxylation sites is 1. The first-order valence-corrected chi connectivity index (χ1v) is 6.35. The molecule has 0 aliphatic heterocycles. The van der Waals surface area contributed by atoms with Gasteiger partial charge in [0.25, 0.3) is 0 Å². The molecule has 0 unspecified atom stereocenters. The van der Waals surface area contributed by atoms with Crippen molar-refractivity contribution in [1.82, 2.24) is 20.3 Å². The number of nitrogens with zero attached hydrogens (tertiary/aromatic N) is 3. The zero-order chi connectivity index (χ0) is 13.0. The highest BCUT2D eigenvalue weighted by molar-refractivity contribution is 5.39. The second kappa shape index (κ2) is 5.78. The van der Waals surface area contributed by atoms with Crippen LogP contribution >= 0.6 is 0 Å². The Kier molecular flexibility index (Phi) is 4.10. The minimum atomic E-state index is 0.646. The summed E-state index contributed by atoms with van der Waals surface area (Å²) in [6, 6.07) is 8.21. The second-order valence-corrected chi connectivity index (χ2v) is 4.95. The summed E-state index contributed by atoms with van der Waals surface area (Å²) in [5, 5.41) is 11.6. The Balaban J connectivity index is 2.15. The minimum Gasteiger partial charge on any atom is -0.311 e. The van der Waals surface area contributed by atoms with Crippen LogP contribution in [-0.4, -0.2) is 21.5 Å². The quantitative estimate of drug-likeness (QED) is 0.877. The average molecular weight is 244 g/mol. The summed E-state index contributed by atoms with van der Waals surface area (Å²) < 4.78 is 1.91. The topological polar surface area (TPSA) is 42.7 Å². The van der Waals surface area contributed by atoms with Crippen LogP contribution in [0, 0.1) is 12.8 Å². The molecule has 2 rings (SSSR count). The van der Waals surface area contributed by atoms with Crippen molar-refractivity contribution in [3.05, 3.63) is 41.7 Å². The maximum absolute atomic E-state index is 4.17. The minimum absolute atomic E-state index is 0.646. The van der Waals surface area contributed by atoms with Crippen LogP contribution in [0.4, 0.5) is 0 Å². The molecular weight excluding hydrogens is 224 g/mol. The van der Waals surface area contributed by atoms with Gasteiger partial charge in [-0.05, 0) is 31.0 Å². The summed E-state index contributed by atoms with van der Waals surface area (Å²) in [5.74, 6) is 0.646. The van der Waals surface area contributed by atoms with Crippen LogP contribution in [0.15, 0.2) is 30.5 Å². The molecule has 0 fully saturated rings. The predicted molar refractivity (Wildman–Crippen MR) is 72.6 cm³/mol. The number of hydrogen-bond acceptors (Lipinski definition) is 3. The third kappa shape index (κ3) is 2.96. The molecule has 0 radical (unpaired) electrons. The third-order valence-corrected chi connectivity index (χ3v) is 2.82. The van der Waals surface area contributed by atoms with Crippen molar-refractivity contribution in [2.45, 2.75) is 27.3 Å². The standard InChI is InChI=1S/C14H20N4/c1-11(2)8-15-9-13-10-16-17-18(13)14-7-5-4-6-12(14)3/h4-7,10-11,15H,8-9H2,1-3H3. The summed E-state index contributed by atoms with van der Waals surface area (Å²) in [6.07, 6.45) is 1.82. The highest BCUT2D eigenvalue weighted by Gasteiger charge is 2.07. The van der Waals surface area contributed by atoms with Crippen LogP contribution in [0.2, 0.25) is 0 Å². The van der Waals surface area contributed by atoms with E-state index in [9.17, 15) is 0 Å². The smallest absolute Gasteiger partial charge is 0.0783 e. The molecular formula is C14H20N4. The number of aryl methyl sites for hydroxylation is 1. The van der Waals surface area contributed by atoms with Crippen LogP contribution in [0.5, 0.6) is 0 Å². The Labute approximate surface area is 108 Å². The Morgan fingerprint density at radius 3 is 2.78 bits per heavy atom. The molecule has 1 heterocycles. The van der Waals surface area contributed by atoms with Gasteiger partial charge in [0, 0.05) is 6.54 Å². The van der Waals surface area contributed by atoms with E-state index >= 15 is 0 Å². The SMILES string of the molecule is Cc1ccccc1-n1nncc1CNCC(C)C. The normalized spacial score (nSPS) is 11.1. The van der Waals surface area contributed by atoms with E-state index in [2.05, 4.69) is 48.5 Å². The van der Waals surface area contributed by atoms with Gasteiger partial charge in [0.05, 0.1) is 17.6 Å². The van der Waals surface area contributed by atoms with Gasteiger partial charge in [0.1, 0.15) is 0 Å². The maximum Gasteiger partial charge on any atom is 0.0783 e. The Hall–Kier alpha value is -1.68. The molecule has 1 N–H and O–H groups in total. The molecule has 1 aromatic heterocycles. The molecule has 4 nitrogen and oxygen atoms in total. The predicted octanol–water partition coefficient (Wildman–Crippen LogP) is 2.32. The van der Waals surface area contributed by atoms with E-state index in [1.54, 1.807) is 0 Å². The molecule has 0 amide bonds. The maximum atomic E-state index is 4.17. The van der Waals surface area contributed by atoms with Gasteiger partial charge in [-0.1, -0.05) is 37.3 Å². The van der Waals surface area contributed by atoms with E-state index in [1.807, 2.05) is 23.0 Å². The fraction of sp³-hybridized carbons (Fsp3) is 0.429. The van der Waals surface area contributed by atoms with Gasteiger partial charge in [0.15, 0.2) is 0 Å². The summed E-state index contributed by atoms with van der Waals surface area (Å²) in [6.45, 7) is 8.27. The van der Waals surface area contributed by atoms with Crippen LogP contribution in [0.1, 0.15) is 25.1 Å². The van der Waals surface area contributed by atoms with Crippen LogP contribution in [-0.2, 0) is 6.54 Å². The number of hydrogen-bond donors (Lipinski definition) is 1. The molecule has 0 bridgehead atoms. The van der Waals surface area contributed by atoms with Crippen molar-refractivity contribution in [2.75, 3.05) is 6.54 Å². The van der Waals surface area contributed by atoms with Crippen LogP contribution < -0.4 is 5.32 Å². The Morgan fingerprint density at radius 2 is 2.06 bits per heavy atom. The summed E-state index contributed by atoms with van der Waals surface area (Å²) >= 11 is 0. The van der Waals surface area contributed by atoms with Gasteiger partial charge < -0.3 is 5.32 Å². The van der Waals surface area contributed by atoms with Gasteiger partial charge in [-0.2, -0.15) is 0 Å². The first kappa shape index (κ1) is 12.8. The number of aromatic nitrogens is 3. The lowest BCUT2D eigenvalue weighted by atomic mass is 10.2. The lowest BCUT2D eigenvalue weighted by Gasteiger charge is -2.10. The van der Waals surface area contributed by atoms with E-state index in [0.717, 1.165) is 24.5 Å². The van der Waals surface area contributed by atoms with Crippen LogP contribution in [0.3, 0.4) is 0 Å². The molecule has 4 heteroatoms. The van der Waals surface area contributed by atoms with E-state index in [4.69, 9.17) is 0 Å². The molecule has 18 heavy (non-hydrogen) atoms. The highest BCUT2D eigenvalue weighted by atomic mass is 15.4. The fourth-order valence-corrected chi connectivity index (χ4v) is 1.87. The number of benzene rings is 1. The monoisotopic (exact) mass is 244 g/mol. The molecule has 0 atom stereocenters. The molecule has 0 aliphatic carbocycles. The van der Waals surface area contributed by atoms with Gasteiger partial charge >= 0.3 is 0 Å². The van der Waals surface area contributed by atoms with Crippen molar-refractivity contribution < 1.29 is 0 Å². The zero-order valence-electron chi connectivity index (χ0n) is 11.2. The average Bonchev–Trinajstić information content (AvgIpc) is 2.77. The molecule has 0 spiro atoms. The number of nitrogens with one attached hydrogen (secondary N) is 1. The van der Waals surface area contributed by atoms with E-state index < -0.39 is 0 Å². The molecule has 0 saturated carbocycles. The summed E-state index contributed by atoms with van der Waals surface area (Å²) in [7, 11) is 0. The Bertz CT molecular complexity index is 502. The van der Waals surface area contributed by atoms with Gasteiger partial charge in [-0.25, -0.2) is 4.68 Å². The van der Waals surface area contributed by atoms with Crippen LogP contribution in [0.25, 0.3) is 5.69 Å². The molecule has 0 aliphatic rings. The number of rotatable bonds is 5. The summed E-state index contributed by atoms with van der Waals surface area (Å²) in [4.78, 5) is 0. The largest absolute Gasteiger partial charge is 0.311 e. The molecule has 96 valence electrons. The lowest BCUT2D eigenvalue weighted by Crippen LogP contribution is -2.21. The third-order valence-electron chi connectivity index (χ3n) is 2.82. The Morgan fingerprint density at radius 1 is 1.28 bits per heavy atom. The first-order valence-electron chi connectivity index (χ1n) is 6.35. The summed E-state index contributed by atoms with van der Waals surface area (Å²) in [5.41, 5.74) is 3.38. The highest BCUT2D eigenvalue weighted by Crippen LogP contribution is 2.13. The molecule has 0 saturated heterocycles. The molecule has 1 aromatic carbocycles. The van der Waals surface area contributed by atoms with Gasteiger partial charge in [0.2, 0.25) is 0 Å². The van der Waals surface area contributed by atoms with Gasteiger partial charge in [-0.3, -0.25) is 0 Å². The van der Waals surface area contributed by atoms with E-state index in [-0.39, 0.29) is 0 Å².